The van der Waals surface area contributed by atoms with Crippen molar-refractivity contribution < 1.29 is 18.4 Å². The molecule has 32 heavy (non-hydrogen) atoms. The van der Waals surface area contributed by atoms with Crippen molar-refractivity contribution in [3.63, 3.8) is 0 Å². The van der Waals surface area contributed by atoms with Crippen molar-refractivity contribution in [3.05, 3.63) is 58.3 Å². The third-order valence-electron chi connectivity index (χ3n) is 5.11. The molecule has 1 aliphatic heterocycles. The molecular formula is C22H25F2N5O2S. The number of amides is 2. The Labute approximate surface area is 189 Å². The zero-order valence-corrected chi connectivity index (χ0v) is 18.5. The van der Waals surface area contributed by atoms with Crippen LogP contribution in [0.15, 0.2) is 35.4 Å². The molecule has 1 aromatic heterocycles. The van der Waals surface area contributed by atoms with E-state index >= 15 is 0 Å². The normalized spacial score (nSPS) is 15.0. The zero-order chi connectivity index (χ0) is 22.9. The van der Waals surface area contributed by atoms with Crippen molar-refractivity contribution in [1.29, 1.82) is 0 Å². The number of nitrogens with zero attached hydrogens (tertiary/aromatic N) is 3. The maximum absolute atomic E-state index is 13.7. The molecule has 0 aliphatic carbocycles. The molecule has 0 radical (unpaired) electrons. The molecule has 3 rings (SSSR count). The minimum Gasteiger partial charge on any atom is -0.341 e. The van der Waals surface area contributed by atoms with Crippen molar-refractivity contribution in [1.82, 2.24) is 20.6 Å². The summed E-state index contributed by atoms with van der Waals surface area (Å²) in [5.41, 5.74) is 1.14. The van der Waals surface area contributed by atoms with Gasteiger partial charge in [0, 0.05) is 37.5 Å². The second-order valence-corrected chi connectivity index (χ2v) is 8.70. The average Bonchev–Trinajstić information content (AvgIpc) is 2.76. The van der Waals surface area contributed by atoms with Crippen molar-refractivity contribution in [2.24, 2.45) is 5.92 Å². The average molecular weight is 462 g/mol. The van der Waals surface area contributed by atoms with Crippen LogP contribution in [0, 0.1) is 17.6 Å². The van der Waals surface area contributed by atoms with Crippen molar-refractivity contribution in [3.8, 4) is 0 Å². The van der Waals surface area contributed by atoms with E-state index in [-0.39, 0.29) is 0 Å². The summed E-state index contributed by atoms with van der Waals surface area (Å²) in [5, 5.41) is 4.90. The Morgan fingerprint density at radius 2 is 2.06 bits per heavy atom. The fourth-order valence-corrected chi connectivity index (χ4v) is 4.05. The predicted molar refractivity (Wildman–Crippen MR) is 121 cm³/mol. The van der Waals surface area contributed by atoms with Crippen molar-refractivity contribution in [2.75, 3.05) is 24.5 Å². The van der Waals surface area contributed by atoms with E-state index in [0.717, 1.165) is 50.3 Å². The molecular weight excluding hydrogens is 436 g/mol. The lowest BCUT2D eigenvalue weighted by molar-refractivity contribution is -0.108. The molecule has 170 valence electrons. The molecule has 0 atom stereocenters. The first-order valence-electron chi connectivity index (χ1n) is 10.3. The van der Waals surface area contributed by atoms with E-state index in [1.54, 1.807) is 25.3 Å². The van der Waals surface area contributed by atoms with Crippen LogP contribution in [0.2, 0.25) is 0 Å². The Morgan fingerprint density at radius 1 is 1.28 bits per heavy atom. The van der Waals surface area contributed by atoms with Crippen LogP contribution < -0.4 is 15.5 Å². The van der Waals surface area contributed by atoms with Gasteiger partial charge >= 0.3 is 0 Å². The standard InChI is InChI=1S/C22H25F2N5O2S/c1-15(32-22(31)27-14-30)10-19-4-7-26-21(28-19)29-8-5-16(6-9-29)12-25-13-17-2-3-18(23)11-20(17)24/h2-4,7,10-11,14,16,25H,5-6,8-9,12-13H2,1H3,(H,27,30,31)/b15-10-. The first kappa shape index (κ1) is 23.8. The Kier molecular flexibility index (Phi) is 8.69. The molecule has 1 fully saturated rings. The maximum atomic E-state index is 13.7. The van der Waals surface area contributed by atoms with Crippen molar-refractivity contribution >= 4 is 35.4 Å². The van der Waals surface area contributed by atoms with Gasteiger partial charge in [-0.2, -0.15) is 0 Å². The summed E-state index contributed by atoms with van der Waals surface area (Å²) in [6.45, 7) is 4.51. The van der Waals surface area contributed by atoms with E-state index in [1.807, 2.05) is 0 Å². The molecule has 1 aliphatic rings. The quantitative estimate of drug-likeness (QED) is 0.580. The summed E-state index contributed by atoms with van der Waals surface area (Å²) in [7, 11) is 0. The lowest BCUT2D eigenvalue weighted by Gasteiger charge is -2.32. The monoisotopic (exact) mass is 461 g/mol. The number of imide groups is 1. The summed E-state index contributed by atoms with van der Waals surface area (Å²) in [5.74, 6) is -0.0179. The molecule has 0 unspecified atom stereocenters. The molecule has 0 bridgehead atoms. The topological polar surface area (TPSA) is 87.2 Å². The number of rotatable bonds is 8. The highest BCUT2D eigenvalue weighted by Gasteiger charge is 2.21. The minimum atomic E-state index is -0.572. The molecule has 2 aromatic rings. The summed E-state index contributed by atoms with van der Waals surface area (Å²) in [6, 6.07) is 5.39. The number of allylic oxidation sites excluding steroid dienone is 1. The number of aromatic nitrogens is 2. The van der Waals surface area contributed by atoms with Gasteiger partial charge in [0.15, 0.2) is 0 Å². The molecule has 1 saturated heterocycles. The second kappa shape index (κ2) is 11.7. The Balaban J connectivity index is 1.48. The molecule has 7 nitrogen and oxygen atoms in total. The van der Waals surface area contributed by atoms with E-state index in [2.05, 4.69) is 25.5 Å². The number of halogens is 2. The number of anilines is 1. The van der Waals surface area contributed by atoms with Gasteiger partial charge in [-0.05, 0) is 67.1 Å². The van der Waals surface area contributed by atoms with E-state index in [9.17, 15) is 18.4 Å². The highest BCUT2D eigenvalue weighted by molar-refractivity contribution is 8.17. The van der Waals surface area contributed by atoms with Gasteiger partial charge in [0.2, 0.25) is 12.4 Å². The van der Waals surface area contributed by atoms with Crippen LogP contribution in [-0.2, 0) is 11.3 Å². The highest BCUT2D eigenvalue weighted by atomic mass is 32.2. The van der Waals surface area contributed by atoms with Crippen LogP contribution in [-0.4, -0.2) is 41.3 Å². The fourth-order valence-electron chi connectivity index (χ4n) is 3.47. The van der Waals surface area contributed by atoms with Gasteiger partial charge in [-0.25, -0.2) is 18.7 Å². The predicted octanol–water partition coefficient (Wildman–Crippen LogP) is 3.72. The number of nitrogens with one attached hydrogen (secondary N) is 2. The summed E-state index contributed by atoms with van der Waals surface area (Å²) >= 11 is 0.925. The van der Waals surface area contributed by atoms with Crippen LogP contribution >= 0.6 is 11.8 Å². The second-order valence-electron chi connectivity index (χ2n) is 7.49. The van der Waals surface area contributed by atoms with E-state index in [0.29, 0.717) is 41.0 Å². The van der Waals surface area contributed by atoms with E-state index in [4.69, 9.17) is 0 Å². The van der Waals surface area contributed by atoms with Gasteiger partial charge in [0.25, 0.3) is 5.24 Å². The number of thioether (sulfide) groups is 1. The molecule has 0 saturated carbocycles. The molecule has 0 spiro atoms. The van der Waals surface area contributed by atoms with Crippen LogP contribution in [0.4, 0.5) is 19.5 Å². The minimum absolute atomic E-state index is 0.353. The largest absolute Gasteiger partial charge is 0.341 e. The zero-order valence-electron chi connectivity index (χ0n) is 17.7. The first-order chi connectivity index (χ1) is 15.4. The number of piperidine rings is 1. The van der Waals surface area contributed by atoms with Crippen LogP contribution in [0.1, 0.15) is 31.0 Å². The van der Waals surface area contributed by atoms with Gasteiger partial charge in [0.1, 0.15) is 11.6 Å². The molecule has 2 heterocycles. The van der Waals surface area contributed by atoms with Crippen molar-refractivity contribution in [2.45, 2.75) is 26.3 Å². The van der Waals surface area contributed by atoms with Gasteiger partial charge in [-0.1, -0.05) is 6.07 Å². The van der Waals surface area contributed by atoms with E-state index < -0.39 is 16.9 Å². The SMILES string of the molecule is C/C(=C/c1ccnc(N2CCC(CNCc3ccc(F)cc3F)CC2)n1)SC(=O)NC=O. The Morgan fingerprint density at radius 3 is 2.78 bits per heavy atom. The Bertz CT molecular complexity index is 981. The molecule has 2 N–H and O–H groups in total. The highest BCUT2D eigenvalue weighted by Crippen LogP contribution is 2.22. The van der Waals surface area contributed by atoms with E-state index in [1.165, 1.54) is 12.1 Å². The molecule has 2 amide bonds. The number of carbonyl (C=O) groups is 2. The van der Waals surface area contributed by atoms with Gasteiger partial charge < -0.3 is 10.2 Å². The fraction of sp³-hybridized carbons (Fsp3) is 0.364. The summed E-state index contributed by atoms with van der Waals surface area (Å²) in [4.78, 5) is 33.6. The lowest BCUT2D eigenvalue weighted by Crippen LogP contribution is -2.38. The van der Waals surface area contributed by atoms with Gasteiger partial charge in [-0.3, -0.25) is 14.9 Å². The summed E-state index contributed by atoms with van der Waals surface area (Å²) in [6.07, 6.45) is 5.70. The first-order valence-corrected chi connectivity index (χ1v) is 11.1. The van der Waals surface area contributed by atoms with Gasteiger partial charge in [0.05, 0.1) is 5.69 Å². The number of hydrogen-bond donors (Lipinski definition) is 2. The third kappa shape index (κ3) is 7.10. The maximum Gasteiger partial charge on any atom is 0.289 e. The third-order valence-corrected chi connectivity index (χ3v) is 5.85. The lowest BCUT2D eigenvalue weighted by atomic mass is 9.97. The smallest absolute Gasteiger partial charge is 0.289 e. The summed E-state index contributed by atoms with van der Waals surface area (Å²) < 4.78 is 26.7. The number of benzene rings is 1. The molecule has 1 aromatic carbocycles. The number of carbonyl (C=O) groups excluding carboxylic acids is 2. The van der Waals surface area contributed by atoms with Crippen LogP contribution in [0.3, 0.4) is 0 Å². The van der Waals surface area contributed by atoms with Crippen LogP contribution in [0.5, 0.6) is 0 Å². The Hall–Kier alpha value is -2.85. The number of hydrogen-bond acceptors (Lipinski definition) is 7. The molecule has 10 heteroatoms. The van der Waals surface area contributed by atoms with Gasteiger partial charge in [-0.15, -0.1) is 0 Å². The van der Waals surface area contributed by atoms with Crippen LogP contribution in [0.25, 0.3) is 6.08 Å².